The summed E-state index contributed by atoms with van der Waals surface area (Å²) in [4.78, 5) is 0. The Bertz CT molecular complexity index is 652. The van der Waals surface area contributed by atoms with Gasteiger partial charge in [-0.1, -0.05) is 34.8 Å². The summed E-state index contributed by atoms with van der Waals surface area (Å²) in [6.07, 6.45) is 0.872. The first-order valence-electron chi connectivity index (χ1n) is 6.05. The summed E-state index contributed by atoms with van der Waals surface area (Å²) < 4.78 is 0. The Hall–Kier alpha value is -0.890. The van der Waals surface area contributed by atoms with Gasteiger partial charge < -0.3 is 5.32 Å². The van der Waals surface area contributed by atoms with Crippen molar-refractivity contribution in [3.05, 3.63) is 62.1 Å². The molecule has 0 spiro atoms. The number of anilines is 1. The highest BCUT2D eigenvalue weighted by atomic mass is 35.5. The van der Waals surface area contributed by atoms with Crippen molar-refractivity contribution in [2.45, 2.75) is 19.4 Å². The number of rotatable bonds is 1. The van der Waals surface area contributed by atoms with Crippen LogP contribution in [-0.4, -0.2) is 0 Å². The molecule has 0 aliphatic carbocycles. The molecular formula is C15H12Cl3N. The molecule has 0 saturated heterocycles. The van der Waals surface area contributed by atoms with Crippen LogP contribution in [0.3, 0.4) is 0 Å². The fraction of sp³-hybridized carbons (Fsp3) is 0.200. The quantitative estimate of drug-likeness (QED) is 0.716. The number of hydrogen-bond donors (Lipinski definition) is 1. The molecule has 3 rings (SSSR count). The van der Waals surface area contributed by atoms with Gasteiger partial charge in [-0.15, -0.1) is 0 Å². The van der Waals surface area contributed by atoms with Crippen molar-refractivity contribution in [1.82, 2.24) is 0 Å². The minimum atomic E-state index is 0.151. The third-order valence-corrected chi connectivity index (χ3v) is 4.26. The summed E-state index contributed by atoms with van der Waals surface area (Å²) in [5.74, 6) is 0. The van der Waals surface area contributed by atoms with E-state index in [4.69, 9.17) is 34.8 Å². The second kappa shape index (κ2) is 4.90. The minimum Gasteiger partial charge on any atom is -0.377 e. The van der Waals surface area contributed by atoms with E-state index in [0.717, 1.165) is 33.3 Å². The molecule has 1 aliphatic heterocycles. The van der Waals surface area contributed by atoms with Crippen LogP contribution in [0.1, 0.15) is 22.7 Å². The van der Waals surface area contributed by atoms with Gasteiger partial charge >= 0.3 is 0 Å². The van der Waals surface area contributed by atoms with Crippen LogP contribution < -0.4 is 5.32 Å². The normalized spacial score (nSPS) is 17.2. The van der Waals surface area contributed by atoms with Crippen molar-refractivity contribution < 1.29 is 0 Å². The number of nitrogens with one attached hydrogen (secondary N) is 1. The second-order valence-electron chi connectivity index (χ2n) is 4.82. The van der Waals surface area contributed by atoms with E-state index in [0.29, 0.717) is 5.02 Å². The number of fused-ring (bicyclic) bond motifs is 1. The highest BCUT2D eigenvalue weighted by Crippen LogP contribution is 2.40. The molecule has 1 heterocycles. The van der Waals surface area contributed by atoms with Gasteiger partial charge in [0.05, 0.1) is 6.04 Å². The molecule has 0 bridgehead atoms. The molecule has 0 amide bonds. The fourth-order valence-electron chi connectivity index (χ4n) is 2.59. The lowest BCUT2D eigenvalue weighted by atomic mass is 10.0. The maximum Gasteiger partial charge on any atom is 0.0570 e. The molecule has 2 aromatic rings. The number of aryl methyl sites for hydroxylation is 1. The van der Waals surface area contributed by atoms with E-state index in [1.54, 1.807) is 6.07 Å². The Morgan fingerprint density at radius 3 is 2.63 bits per heavy atom. The SMILES string of the molecule is Cc1cc(Cl)cc2c1NC(c1cc(Cl)ccc1Cl)C2. The van der Waals surface area contributed by atoms with Crippen molar-refractivity contribution in [2.24, 2.45) is 0 Å². The predicted octanol–water partition coefficient (Wildman–Crippen LogP) is 5.66. The van der Waals surface area contributed by atoms with Gasteiger partial charge in [-0.05, 0) is 60.4 Å². The molecular weight excluding hydrogens is 301 g/mol. The lowest BCUT2D eigenvalue weighted by Crippen LogP contribution is -2.06. The Kier molecular flexibility index (Phi) is 3.38. The zero-order chi connectivity index (χ0) is 13.6. The smallest absolute Gasteiger partial charge is 0.0570 e. The topological polar surface area (TPSA) is 12.0 Å². The molecule has 1 N–H and O–H groups in total. The van der Waals surface area contributed by atoms with Crippen LogP contribution in [0.5, 0.6) is 0 Å². The van der Waals surface area contributed by atoms with Crippen molar-refractivity contribution >= 4 is 40.5 Å². The van der Waals surface area contributed by atoms with Crippen LogP contribution in [0, 0.1) is 6.92 Å². The first kappa shape index (κ1) is 13.1. The maximum atomic E-state index is 6.27. The fourth-order valence-corrected chi connectivity index (χ4v) is 3.32. The van der Waals surface area contributed by atoms with Gasteiger partial charge in [-0.3, -0.25) is 0 Å². The van der Waals surface area contributed by atoms with Crippen LogP contribution in [0.15, 0.2) is 30.3 Å². The average molecular weight is 313 g/mol. The van der Waals surface area contributed by atoms with E-state index in [1.807, 2.05) is 24.3 Å². The summed E-state index contributed by atoms with van der Waals surface area (Å²) in [6, 6.07) is 9.69. The average Bonchev–Trinajstić information content (AvgIpc) is 2.76. The van der Waals surface area contributed by atoms with Crippen molar-refractivity contribution in [1.29, 1.82) is 0 Å². The van der Waals surface area contributed by atoms with Crippen LogP contribution in [0.25, 0.3) is 0 Å². The Labute approximate surface area is 127 Å². The van der Waals surface area contributed by atoms with Crippen molar-refractivity contribution in [3.8, 4) is 0 Å². The van der Waals surface area contributed by atoms with Crippen molar-refractivity contribution in [2.75, 3.05) is 5.32 Å². The van der Waals surface area contributed by atoms with Crippen LogP contribution in [0.2, 0.25) is 15.1 Å². The van der Waals surface area contributed by atoms with Crippen molar-refractivity contribution in [3.63, 3.8) is 0 Å². The minimum absolute atomic E-state index is 0.151. The Balaban J connectivity index is 2.00. The highest BCUT2D eigenvalue weighted by molar-refractivity contribution is 6.33. The largest absolute Gasteiger partial charge is 0.377 e. The third kappa shape index (κ3) is 2.43. The standard InChI is InChI=1S/C15H12Cl3N/c1-8-4-11(17)5-9-6-14(19-15(8)9)12-7-10(16)2-3-13(12)18/h2-5,7,14,19H,6H2,1H3. The molecule has 1 atom stereocenters. The Morgan fingerprint density at radius 2 is 1.84 bits per heavy atom. The molecule has 98 valence electrons. The lowest BCUT2D eigenvalue weighted by Gasteiger charge is -2.14. The van der Waals surface area contributed by atoms with Crippen LogP contribution in [0.4, 0.5) is 5.69 Å². The zero-order valence-electron chi connectivity index (χ0n) is 10.3. The first-order valence-corrected chi connectivity index (χ1v) is 7.18. The molecule has 19 heavy (non-hydrogen) atoms. The van der Waals surface area contributed by atoms with E-state index in [9.17, 15) is 0 Å². The molecule has 0 aromatic heterocycles. The van der Waals surface area contributed by atoms with Crippen LogP contribution in [-0.2, 0) is 6.42 Å². The number of benzene rings is 2. The number of halogens is 3. The second-order valence-corrected chi connectivity index (χ2v) is 6.10. The van der Waals surface area contributed by atoms with Gasteiger partial charge in [-0.2, -0.15) is 0 Å². The van der Waals surface area contributed by atoms with Gasteiger partial charge in [0.1, 0.15) is 0 Å². The van der Waals surface area contributed by atoms with E-state index >= 15 is 0 Å². The highest BCUT2D eigenvalue weighted by Gasteiger charge is 2.25. The molecule has 1 aliphatic rings. The molecule has 1 unspecified atom stereocenters. The molecule has 2 aromatic carbocycles. The van der Waals surface area contributed by atoms with Crippen LogP contribution >= 0.6 is 34.8 Å². The summed E-state index contributed by atoms with van der Waals surface area (Å²) >= 11 is 18.4. The van der Waals surface area contributed by atoms with Gasteiger partial charge in [0.25, 0.3) is 0 Å². The summed E-state index contributed by atoms with van der Waals surface area (Å²) in [5, 5.41) is 5.72. The predicted molar refractivity (Wildman–Crippen MR) is 82.7 cm³/mol. The first-order chi connectivity index (χ1) is 9.04. The molecule has 4 heteroatoms. The number of hydrogen-bond acceptors (Lipinski definition) is 1. The summed E-state index contributed by atoms with van der Waals surface area (Å²) in [7, 11) is 0. The zero-order valence-corrected chi connectivity index (χ0v) is 12.6. The molecule has 0 radical (unpaired) electrons. The van der Waals surface area contributed by atoms with Gasteiger partial charge in [0.2, 0.25) is 0 Å². The van der Waals surface area contributed by atoms with E-state index in [1.165, 1.54) is 5.56 Å². The molecule has 0 saturated carbocycles. The van der Waals surface area contributed by atoms with Gasteiger partial charge in [-0.25, -0.2) is 0 Å². The summed E-state index contributed by atoms with van der Waals surface area (Å²) in [5.41, 5.74) is 4.57. The van der Waals surface area contributed by atoms with E-state index in [2.05, 4.69) is 12.2 Å². The monoisotopic (exact) mass is 311 g/mol. The van der Waals surface area contributed by atoms with E-state index < -0.39 is 0 Å². The van der Waals surface area contributed by atoms with Gasteiger partial charge in [0.15, 0.2) is 0 Å². The third-order valence-electron chi connectivity index (χ3n) is 3.46. The maximum absolute atomic E-state index is 6.27. The Morgan fingerprint density at radius 1 is 1.05 bits per heavy atom. The van der Waals surface area contributed by atoms with E-state index in [-0.39, 0.29) is 6.04 Å². The summed E-state index contributed by atoms with van der Waals surface area (Å²) in [6.45, 7) is 2.06. The molecule has 1 nitrogen and oxygen atoms in total. The molecule has 0 fully saturated rings. The lowest BCUT2D eigenvalue weighted by molar-refractivity contribution is 0.824. The van der Waals surface area contributed by atoms with Gasteiger partial charge in [0, 0.05) is 20.8 Å².